The Balaban J connectivity index is 1.71. The molecule has 2 N–H and O–H groups in total. The number of benzene rings is 1. The fourth-order valence-electron chi connectivity index (χ4n) is 2.84. The van der Waals surface area contributed by atoms with Crippen molar-refractivity contribution in [1.29, 1.82) is 0 Å². The van der Waals surface area contributed by atoms with E-state index in [1.165, 1.54) is 23.1 Å². The average molecular weight is 350 g/mol. The summed E-state index contributed by atoms with van der Waals surface area (Å²) in [6.07, 6.45) is -2.91. The molecule has 0 spiro atoms. The lowest BCUT2D eigenvalue weighted by Crippen LogP contribution is -2.49. The third-order valence-corrected chi connectivity index (χ3v) is 4.17. The highest BCUT2D eigenvalue weighted by molar-refractivity contribution is 5.96. The van der Waals surface area contributed by atoms with Crippen LogP contribution in [0.3, 0.4) is 0 Å². The van der Waals surface area contributed by atoms with Crippen LogP contribution in [0.5, 0.6) is 0 Å². The molecule has 8 heteroatoms. The lowest BCUT2D eigenvalue weighted by atomic mass is 10.1. The number of halogens is 3. The summed E-state index contributed by atoms with van der Waals surface area (Å²) in [6.45, 7) is 1.72. The molecule has 1 aliphatic rings. The van der Waals surface area contributed by atoms with Gasteiger partial charge in [-0.15, -0.1) is 0 Å². The number of hydrogen-bond donors (Lipinski definition) is 1. The fraction of sp³-hybridized carbons (Fsp3) is 0.294. The molecule has 1 amide bonds. The molecule has 1 aromatic heterocycles. The fourth-order valence-corrected chi connectivity index (χ4v) is 2.84. The molecule has 0 radical (unpaired) electrons. The van der Waals surface area contributed by atoms with Crippen molar-refractivity contribution in [3.63, 3.8) is 0 Å². The number of piperazine rings is 1. The van der Waals surface area contributed by atoms with E-state index in [0.29, 0.717) is 32.0 Å². The number of pyridine rings is 1. The van der Waals surface area contributed by atoms with Crippen molar-refractivity contribution in [3.05, 3.63) is 53.7 Å². The maximum Gasteiger partial charge on any atom is 0.417 e. The summed E-state index contributed by atoms with van der Waals surface area (Å²) in [6, 6.07) is 8.40. The second-order valence-electron chi connectivity index (χ2n) is 5.76. The molecule has 0 saturated carbocycles. The van der Waals surface area contributed by atoms with Gasteiger partial charge in [-0.2, -0.15) is 13.2 Å². The highest BCUT2D eigenvalue weighted by Crippen LogP contribution is 2.32. The Hall–Kier alpha value is -2.77. The SMILES string of the molecule is Nc1ccc(N2CCN(C(=O)c3ccccc3C(F)(F)F)CC2)cn1. The van der Waals surface area contributed by atoms with Crippen LogP contribution < -0.4 is 10.6 Å². The van der Waals surface area contributed by atoms with Gasteiger partial charge in [-0.05, 0) is 24.3 Å². The van der Waals surface area contributed by atoms with E-state index < -0.39 is 17.6 Å². The second kappa shape index (κ2) is 6.62. The Bertz CT molecular complexity index is 753. The van der Waals surface area contributed by atoms with Crippen molar-refractivity contribution >= 4 is 17.4 Å². The van der Waals surface area contributed by atoms with E-state index >= 15 is 0 Å². The Kier molecular flexibility index (Phi) is 4.52. The van der Waals surface area contributed by atoms with Crippen LogP contribution in [0.4, 0.5) is 24.7 Å². The van der Waals surface area contributed by atoms with E-state index in [1.54, 1.807) is 12.3 Å². The normalized spacial score (nSPS) is 15.3. The number of hydrogen-bond acceptors (Lipinski definition) is 4. The molecule has 0 unspecified atom stereocenters. The minimum atomic E-state index is -4.55. The third-order valence-electron chi connectivity index (χ3n) is 4.17. The van der Waals surface area contributed by atoms with Gasteiger partial charge in [-0.25, -0.2) is 4.98 Å². The number of carbonyl (C=O) groups excluding carboxylic acids is 1. The van der Waals surface area contributed by atoms with Gasteiger partial charge in [0.25, 0.3) is 5.91 Å². The monoisotopic (exact) mass is 350 g/mol. The zero-order valence-electron chi connectivity index (χ0n) is 13.3. The summed E-state index contributed by atoms with van der Waals surface area (Å²) < 4.78 is 39.3. The molecule has 1 aliphatic heterocycles. The largest absolute Gasteiger partial charge is 0.417 e. The van der Waals surface area contributed by atoms with E-state index in [9.17, 15) is 18.0 Å². The summed E-state index contributed by atoms with van der Waals surface area (Å²) in [5.41, 5.74) is 5.22. The van der Waals surface area contributed by atoms with Crippen molar-refractivity contribution in [2.24, 2.45) is 0 Å². The Morgan fingerprint density at radius 2 is 1.72 bits per heavy atom. The van der Waals surface area contributed by atoms with Crippen molar-refractivity contribution in [2.75, 3.05) is 36.8 Å². The van der Waals surface area contributed by atoms with Gasteiger partial charge in [0.15, 0.2) is 0 Å². The maximum absolute atomic E-state index is 13.1. The van der Waals surface area contributed by atoms with Gasteiger partial charge < -0.3 is 15.5 Å². The zero-order chi connectivity index (χ0) is 18.0. The van der Waals surface area contributed by atoms with E-state index in [2.05, 4.69) is 4.98 Å². The van der Waals surface area contributed by atoms with Crippen molar-refractivity contribution in [1.82, 2.24) is 9.88 Å². The number of alkyl halides is 3. The lowest BCUT2D eigenvalue weighted by molar-refractivity contribution is -0.138. The van der Waals surface area contributed by atoms with Crippen LogP contribution in [-0.4, -0.2) is 42.0 Å². The third kappa shape index (κ3) is 3.67. The average Bonchev–Trinajstić information content (AvgIpc) is 2.61. The molecule has 3 rings (SSSR count). The lowest BCUT2D eigenvalue weighted by Gasteiger charge is -2.36. The van der Waals surface area contributed by atoms with Gasteiger partial charge in [-0.3, -0.25) is 4.79 Å². The predicted octanol–water partition coefficient (Wildman–Crippen LogP) is 2.65. The molecule has 1 aromatic carbocycles. The van der Waals surface area contributed by atoms with Gasteiger partial charge in [-0.1, -0.05) is 12.1 Å². The molecule has 2 aromatic rings. The Morgan fingerprint density at radius 3 is 2.32 bits per heavy atom. The van der Waals surface area contributed by atoms with E-state index in [4.69, 9.17) is 5.73 Å². The summed E-state index contributed by atoms with van der Waals surface area (Å²) in [7, 11) is 0. The maximum atomic E-state index is 13.1. The van der Waals surface area contributed by atoms with Crippen LogP contribution in [0.1, 0.15) is 15.9 Å². The first kappa shape index (κ1) is 17.1. The van der Waals surface area contributed by atoms with Crippen LogP contribution in [0.25, 0.3) is 0 Å². The first-order valence-electron chi connectivity index (χ1n) is 7.78. The van der Waals surface area contributed by atoms with Gasteiger partial charge in [0, 0.05) is 26.2 Å². The van der Waals surface area contributed by atoms with Crippen LogP contribution in [0.2, 0.25) is 0 Å². The minimum absolute atomic E-state index is 0.308. The number of nitrogen functional groups attached to an aromatic ring is 1. The highest BCUT2D eigenvalue weighted by Gasteiger charge is 2.36. The molecule has 1 fully saturated rings. The summed E-state index contributed by atoms with van der Waals surface area (Å²) in [4.78, 5) is 20.0. The molecular formula is C17H17F3N4O. The molecular weight excluding hydrogens is 333 g/mol. The summed E-state index contributed by atoms with van der Waals surface area (Å²) in [5, 5.41) is 0. The number of amides is 1. The summed E-state index contributed by atoms with van der Waals surface area (Å²) >= 11 is 0. The van der Waals surface area contributed by atoms with Gasteiger partial charge >= 0.3 is 6.18 Å². The number of nitrogens with two attached hydrogens (primary N) is 1. The zero-order valence-corrected chi connectivity index (χ0v) is 13.3. The van der Waals surface area contributed by atoms with Crippen molar-refractivity contribution in [3.8, 4) is 0 Å². The van der Waals surface area contributed by atoms with E-state index in [-0.39, 0.29) is 5.56 Å². The molecule has 5 nitrogen and oxygen atoms in total. The van der Waals surface area contributed by atoms with Crippen molar-refractivity contribution < 1.29 is 18.0 Å². The molecule has 132 valence electrons. The standard InChI is InChI=1S/C17H17F3N4O/c18-17(19,20)14-4-2-1-3-13(14)16(25)24-9-7-23(8-10-24)12-5-6-15(21)22-11-12/h1-6,11H,7-10H2,(H2,21,22). The molecule has 0 bridgehead atoms. The summed E-state index contributed by atoms with van der Waals surface area (Å²) in [5.74, 6) is -0.177. The number of rotatable bonds is 2. The molecule has 1 saturated heterocycles. The van der Waals surface area contributed by atoms with Crippen molar-refractivity contribution in [2.45, 2.75) is 6.18 Å². The van der Waals surface area contributed by atoms with Crippen LogP contribution in [0.15, 0.2) is 42.6 Å². The molecule has 0 atom stereocenters. The van der Waals surface area contributed by atoms with Crippen LogP contribution >= 0.6 is 0 Å². The predicted molar refractivity (Wildman–Crippen MR) is 88.2 cm³/mol. The number of nitrogens with zero attached hydrogens (tertiary/aromatic N) is 3. The van der Waals surface area contributed by atoms with Crippen LogP contribution in [-0.2, 0) is 6.18 Å². The first-order chi connectivity index (χ1) is 11.9. The van der Waals surface area contributed by atoms with Gasteiger partial charge in [0.05, 0.1) is 23.0 Å². The minimum Gasteiger partial charge on any atom is -0.384 e. The first-order valence-corrected chi connectivity index (χ1v) is 7.78. The quantitative estimate of drug-likeness (QED) is 0.905. The molecule has 2 heterocycles. The number of aromatic nitrogens is 1. The van der Waals surface area contributed by atoms with E-state index in [0.717, 1.165) is 11.8 Å². The van der Waals surface area contributed by atoms with Crippen LogP contribution in [0, 0.1) is 0 Å². The topological polar surface area (TPSA) is 62.5 Å². The number of anilines is 2. The smallest absolute Gasteiger partial charge is 0.384 e. The van der Waals surface area contributed by atoms with E-state index in [1.807, 2.05) is 11.0 Å². The Morgan fingerprint density at radius 1 is 1.04 bits per heavy atom. The second-order valence-corrected chi connectivity index (χ2v) is 5.76. The highest BCUT2D eigenvalue weighted by atomic mass is 19.4. The van der Waals surface area contributed by atoms with Gasteiger partial charge in [0.2, 0.25) is 0 Å². The van der Waals surface area contributed by atoms with Gasteiger partial charge in [0.1, 0.15) is 5.82 Å². The molecule has 0 aliphatic carbocycles. The Labute approximate surface area is 142 Å². The molecule has 25 heavy (non-hydrogen) atoms. The number of carbonyl (C=O) groups is 1.